The Morgan fingerprint density at radius 3 is 2.85 bits per heavy atom. The number of benzene rings is 2. The van der Waals surface area contributed by atoms with Gasteiger partial charge < -0.3 is 14.3 Å². The van der Waals surface area contributed by atoms with Crippen molar-refractivity contribution in [3.63, 3.8) is 0 Å². The molecule has 0 unspecified atom stereocenters. The molecular weight excluding hydrogens is 330 g/mol. The van der Waals surface area contributed by atoms with Crippen LogP contribution in [0.15, 0.2) is 57.7 Å². The molecule has 0 bridgehead atoms. The zero-order valence-electron chi connectivity index (χ0n) is 14.4. The second-order valence-corrected chi connectivity index (χ2v) is 6.21. The SMILES string of the molecule is Cc1nc2cc(CNC(=O)c3cc4ccccc4oc3=O)ccc2n1C. The number of hydrogen-bond acceptors (Lipinski definition) is 4. The van der Waals surface area contributed by atoms with E-state index in [0.717, 1.165) is 22.4 Å². The van der Waals surface area contributed by atoms with Crippen molar-refractivity contribution in [3.8, 4) is 0 Å². The summed E-state index contributed by atoms with van der Waals surface area (Å²) < 4.78 is 7.22. The van der Waals surface area contributed by atoms with Crippen molar-refractivity contribution in [2.45, 2.75) is 13.5 Å². The molecule has 0 aliphatic heterocycles. The minimum atomic E-state index is -0.642. The van der Waals surface area contributed by atoms with Gasteiger partial charge in [-0.1, -0.05) is 24.3 Å². The van der Waals surface area contributed by atoms with E-state index < -0.39 is 11.5 Å². The van der Waals surface area contributed by atoms with Gasteiger partial charge in [0.2, 0.25) is 0 Å². The molecule has 0 atom stereocenters. The molecule has 4 rings (SSSR count). The molecule has 130 valence electrons. The van der Waals surface area contributed by atoms with Crippen LogP contribution in [0.1, 0.15) is 21.7 Å². The van der Waals surface area contributed by atoms with E-state index in [4.69, 9.17) is 4.42 Å². The molecule has 0 saturated carbocycles. The third-order valence-electron chi connectivity index (χ3n) is 4.51. The second kappa shape index (κ2) is 6.15. The summed E-state index contributed by atoms with van der Waals surface area (Å²) in [5, 5.41) is 3.48. The maximum absolute atomic E-state index is 12.4. The highest BCUT2D eigenvalue weighted by Crippen LogP contribution is 2.17. The number of para-hydroxylation sites is 1. The van der Waals surface area contributed by atoms with Crippen LogP contribution in [-0.4, -0.2) is 15.5 Å². The van der Waals surface area contributed by atoms with Gasteiger partial charge in [-0.25, -0.2) is 9.78 Å². The fourth-order valence-corrected chi connectivity index (χ4v) is 2.97. The zero-order valence-corrected chi connectivity index (χ0v) is 14.4. The van der Waals surface area contributed by atoms with Gasteiger partial charge in [0, 0.05) is 19.0 Å². The Labute approximate surface area is 149 Å². The smallest absolute Gasteiger partial charge is 0.349 e. The average molecular weight is 347 g/mol. The predicted molar refractivity (Wildman–Crippen MR) is 99.1 cm³/mol. The highest BCUT2D eigenvalue weighted by atomic mass is 16.4. The normalized spacial score (nSPS) is 11.2. The number of aryl methyl sites for hydroxylation is 2. The molecule has 0 spiro atoms. The molecule has 1 amide bonds. The molecule has 4 aromatic rings. The maximum Gasteiger partial charge on any atom is 0.349 e. The predicted octanol–water partition coefficient (Wildman–Crippen LogP) is 2.92. The lowest BCUT2D eigenvalue weighted by Gasteiger charge is -2.06. The molecule has 2 aromatic carbocycles. The highest BCUT2D eigenvalue weighted by molar-refractivity contribution is 5.96. The number of nitrogens with zero attached hydrogens (tertiary/aromatic N) is 2. The van der Waals surface area contributed by atoms with E-state index in [-0.39, 0.29) is 5.56 Å². The number of rotatable bonds is 3. The van der Waals surface area contributed by atoms with E-state index in [1.54, 1.807) is 24.3 Å². The summed E-state index contributed by atoms with van der Waals surface area (Å²) in [6.45, 7) is 2.25. The van der Waals surface area contributed by atoms with Gasteiger partial charge in [0.05, 0.1) is 11.0 Å². The third kappa shape index (κ3) is 2.75. The summed E-state index contributed by atoms with van der Waals surface area (Å²) in [7, 11) is 1.96. The van der Waals surface area contributed by atoms with E-state index >= 15 is 0 Å². The Hall–Kier alpha value is -3.41. The van der Waals surface area contributed by atoms with Crippen molar-refractivity contribution in [2.75, 3.05) is 0 Å². The van der Waals surface area contributed by atoms with Crippen molar-refractivity contribution in [3.05, 3.63) is 75.9 Å². The molecule has 0 aliphatic carbocycles. The Morgan fingerprint density at radius 2 is 2.00 bits per heavy atom. The fourth-order valence-electron chi connectivity index (χ4n) is 2.97. The molecule has 6 nitrogen and oxygen atoms in total. The van der Waals surface area contributed by atoms with Gasteiger partial charge >= 0.3 is 5.63 Å². The minimum absolute atomic E-state index is 0.00143. The van der Waals surface area contributed by atoms with Crippen LogP contribution in [0.2, 0.25) is 0 Å². The van der Waals surface area contributed by atoms with Crippen molar-refractivity contribution >= 4 is 27.9 Å². The average Bonchev–Trinajstić information content (AvgIpc) is 2.92. The van der Waals surface area contributed by atoms with Crippen molar-refractivity contribution in [1.29, 1.82) is 0 Å². The Morgan fingerprint density at radius 1 is 1.19 bits per heavy atom. The molecule has 0 saturated heterocycles. The lowest BCUT2D eigenvalue weighted by atomic mass is 10.1. The molecule has 0 fully saturated rings. The molecule has 0 aliphatic rings. The van der Waals surface area contributed by atoms with E-state index in [0.29, 0.717) is 17.5 Å². The number of hydrogen-bond donors (Lipinski definition) is 1. The number of carbonyl (C=O) groups excluding carboxylic acids is 1. The number of amides is 1. The number of carbonyl (C=O) groups is 1. The summed E-state index contributed by atoms with van der Waals surface area (Å²) in [5.41, 5.74) is 2.64. The quantitative estimate of drug-likeness (QED) is 0.578. The van der Waals surface area contributed by atoms with Crippen LogP contribution in [0.4, 0.5) is 0 Å². The first-order valence-electron chi connectivity index (χ1n) is 8.26. The van der Waals surface area contributed by atoms with Gasteiger partial charge in [0.15, 0.2) is 0 Å². The van der Waals surface area contributed by atoms with Gasteiger partial charge in [0.25, 0.3) is 5.91 Å². The van der Waals surface area contributed by atoms with E-state index in [2.05, 4.69) is 10.3 Å². The third-order valence-corrected chi connectivity index (χ3v) is 4.51. The number of aromatic nitrogens is 2. The summed E-state index contributed by atoms with van der Waals surface area (Å²) in [6, 6.07) is 14.5. The standard InChI is InChI=1S/C20H17N3O3/c1-12-22-16-9-13(7-8-17(16)23(12)2)11-21-19(24)15-10-14-5-3-4-6-18(14)26-20(15)25/h3-10H,11H2,1-2H3,(H,21,24). The summed E-state index contributed by atoms with van der Waals surface area (Å²) >= 11 is 0. The van der Waals surface area contributed by atoms with Gasteiger partial charge in [-0.2, -0.15) is 0 Å². The van der Waals surface area contributed by atoms with Crippen molar-refractivity contribution in [1.82, 2.24) is 14.9 Å². The maximum atomic E-state index is 12.4. The lowest BCUT2D eigenvalue weighted by molar-refractivity contribution is 0.0947. The van der Waals surface area contributed by atoms with Crippen molar-refractivity contribution in [2.24, 2.45) is 7.05 Å². The fraction of sp³-hybridized carbons (Fsp3) is 0.150. The summed E-state index contributed by atoms with van der Waals surface area (Å²) in [5.74, 6) is 0.469. The molecule has 26 heavy (non-hydrogen) atoms. The van der Waals surface area contributed by atoms with Crippen LogP contribution in [0.3, 0.4) is 0 Å². The highest BCUT2D eigenvalue weighted by Gasteiger charge is 2.13. The Balaban J connectivity index is 1.57. The second-order valence-electron chi connectivity index (χ2n) is 6.21. The molecule has 1 N–H and O–H groups in total. The van der Waals surface area contributed by atoms with E-state index in [1.807, 2.05) is 42.8 Å². The molecule has 0 radical (unpaired) electrons. The van der Waals surface area contributed by atoms with Gasteiger partial charge in [-0.15, -0.1) is 0 Å². The zero-order chi connectivity index (χ0) is 18.3. The number of fused-ring (bicyclic) bond motifs is 2. The van der Waals surface area contributed by atoms with Gasteiger partial charge in [0.1, 0.15) is 17.0 Å². The first-order valence-corrected chi connectivity index (χ1v) is 8.26. The van der Waals surface area contributed by atoms with Gasteiger partial charge in [-0.3, -0.25) is 4.79 Å². The first-order chi connectivity index (χ1) is 12.5. The summed E-state index contributed by atoms with van der Waals surface area (Å²) in [6.07, 6.45) is 0. The Kier molecular flexibility index (Phi) is 3.80. The molecule has 6 heteroatoms. The largest absolute Gasteiger partial charge is 0.422 e. The Bertz CT molecular complexity index is 1200. The van der Waals surface area contributed by atoms with Crippen LogP contribution in [0.5, 0.6) is 0 Å². The number of imidazole rings is 1. The summed E-state index contributed by atoms with van der Waals surface area (Å²) in [4.78, 5) is 29.0. The van der Waals surface area contributed by atoms with Crippen LogP contribution < -0.4 is 10.9 Å². The topological polar surface area (TPSA) is 77.1 Å². The first kappa shape index (κ1) is 16.1. The van der Waals surface area contributed by atoms with Gasteiger partial charge in [-0.05, 0) is 36.8 Å². The van der Waals surface area contributed by atoms with E-state index in [9.17, 15) is 9.59 Å². The van der Waals surface area contributed by atoms with Crippen molar-refractivity contribution < 1.29 is 9.21 Å². The lowest BCUT2D eigenvalue weighted by Crippen LogP contribution is -2.27. The van der Waals surface area contributed by atoms with Crippen LogP contribution in [0, 0.1) is 6.92 Å². The monoisotopic (exact) mass is 347 g/mol. The van der Waals surface area contributed by atoms with Crippen LogP contribution in [0.25, 0.3) is 22.0 Å². The minimum Gasteiger partial charge on any atom is -0.422 e. The molecular formula is C20H17N3O3. The molecule has 2 heterocycles. The number of nitrogens with one attached hydrogen (secondary N) is 1. The van der Waals surface area contributed by atoms with Crippen LogP contribution >= 0.6 is 0 Å². The van der Waals surface area contributed by atoms with E-state index in [1.165, 1.54) is 0 Å². The van der Waals surface area contributed by atoms with Crippen LogP contribution in [-0.2, 0) is 13.6 Å². The molecule has 2 aromatic heterocycles.